The number of methoxy groups -OCH3 is 2. The summed E-state index contributed by atoms with van der Waals surface area (Å²) in [6.07, 6.45) is 6.81. The number of aromatic amines is 1. The van der Waals surface area contributed by atoms with Crippen LogP contribution in [0.25, 0.3) is 11.4 Å². The summed E-state index contributed by atoms with van der Waals surface area (Å²) < 4.78 is 10.9. The van der Waals surface area contributed by atoms with Crippen molar-refractivity contribution >= 4 is 5.91 Å². The summed E-state index contributed by atoms with van der Waals surface area (Å²) in [5.74, 6) is 2.62. The van der Waals surface area contributed by atoms with Crippen molar-refractivity contribution < 1.29 is 14.3 Å². The van der Waals surface area contributed by atoms with Crippen LogP contribution in [0.2, 0.25) is 0 Å². The average Bonchev–Trinajstić information content (AvgIpc) is 3.43. The zero-order valence-electron chi connectivity index (χ0n) is 17.7. The topological polar surface area (TPSA) is 93.2 Å². The van der Waals surface area contributed by atoms with Gasteiger partial charge in [0.05, 0.1) is 19.8 Å². The number of carbonyl (C=O) groups is 1. The van der Waals surface area contributed by atoms with Gasteiger partial charge in [-0.2, -0.15) is 5.10 Å². The number of pyridine rings is 1. The number of benzene rings is 1. The number of amides is 1. The van der Waals surface area contributed by atoms with Crippen LogP contribution in [-0.4, -0.2) is 58.3 Å². The van der Waals surface area contributed by atoms with Crippen molar-refractivity contribution in [3.05, 3.63) is 54.1 Å². The number of nitrogens with zero attached hydrogens (tertiary/aromatic N) is 4. The van der Waals surface area contributed by atoms with Gasteiger partial charge in [-0.05, 0) is 42.5 Å². The second kappa shape index (κ2) is 7.68. The number of hydrogen-bond acceptors (Lipinski definition) is 6. The number of hydrogen-bond donors (Lipinski definition) is 1. The molecule has 3 heterocycles. The molecular weight excluding hydrogens is 394 g/mol. The van der Waals surface area contributed by atoms with Gasteiger partial charge in [0, 0.05) is 37.0 Å². The molecule has 8 nitrogen and oxygen atoms in total. The first-order chi connectivity index (χ1) is 15.1. The summed E-state index contributed by atoms with van der Waals surface area (Å²) >= 11 is 0. The number of nitrogens with one attached hydrogen (secondary N) is 1. The van der Waals surface area contributed by atoms with Crippen LogP contribution < -0.4 is 9.47 Å². The number of likely N-dealkylation sites (tertiary alicyclic amines) is 1. The zero-order chi connectivity index (χ0) is 21.4. The number of ether oxygens (including phenoxy) is 2. The molecule has 2 aromatic heterocycles. The Morgan fingerprint density at radius 3 is 2.65 bits per heavy atom. The molecule has 1 atom stereocenters. The van der Waals surface area contributed by atoms with Crippen molar-refractivity contribution in [1.82, 2.24) is 25.1 Å². The van der Waals surface area contributed by atoms with Crippen LogP contribution in [0.5, 0.6) is 11.5 Å². The average molecular weight is 419 g/mol. The number of carbonyl (C=O) groups excluding carboxylic acids is 1. The zero-order valence-corrected chi connectivity index (χ0v) is 17.7. The normalized spacial score (nSPS) is 19.3. The van der Waals surface area contributed by atoms with E-state index in [2.05, 4.69) is 15.2 Å². The maximum atomic E-state index is 13.5. The van der Waals surface area contributed by atoms with Gasteiger partial charge in [0.2, 0.25) is 0 Å². The summed E-state index contributed by atoms with van der Waals surface area (Å²) in [4.78, 5) is 24.2. The van der Waals surface area contributed by atoms with Crippen molar-refractivity contribution in [2.75, 3.05) is 27.3 Å². The molecule has 1 unspecified atom stereocenters. The Balaban J connectivity index is 1.44. The lowest BCUT2D eigenvalue weighted by molar-refractivity contribution is 0.0720. The van der Waals surface area contributed by atoms with E-state index in [9.17, 15) is 4.79 Å². The van der Waals surface area contributed by atoms with Gasteiger partial charge in [0.25, 0.3) is 5.91 Å². The fourth-order valence-electron chi connectivity index (χ4n) is 4.92. The lowest BCUT2D eigenvalue weighted by Gasteiger charge is -2.41. The third-order valence-corrected chi connectivity index (χ3v) is 6.69. The Morgan fingerprint density at radius 1 is 1.16 bits per heavy atom. The molecule has 31 heavy (non-hydrogen) atoms. The minimum absolute atomic E-state index is 0.0432. The van der Waals surface area contributed by atoms with Gasteiger partial charge >= 0.3 is 0 Å². The van der Waals surface area contributed by atoms with Crippen molar-refractivity contribution in [3.8, 4) is 22.9 Å². The lowest BCUT2D eigenvalue weighted by Crippen LogP contribution is -2.38. The van der Waals surface area contributed by atoms with Crippen molar-refractivity contribution in [3.63, 3.8) is 0 Å². The highest BCUT2D eigenvalue weighted by molar-refractivity contribution is 5.98. The van der Waals surface area contributed by atoms with Gasteiger partial charge in [0.15, 0.2) is 17.3 Å². The number of para-hydroxylation sites is 1. The minimum atomic E-state index is -0.0432. The van der Waals surface area contributed by atoms with Gasteiger partial charge in [0.1, 0.15) is 5.82 Å². The van der Waals surface area contributed by atoms with Gasteiger partial charge < -0.3 is 14.4 Å². The molecular formula is C23H25N5O3. The Hall–Kier alpha value is -3.42. The highest BCUT2D eigenvalue weighted by atomic mass is 16.5. The first-order valence-corrected chi connectivity index (χ1v) is 10.5. The van der Waals surface area contributed by atoms with E-state index in [1.54, 1.807) is 38.7 Å². The molecule has 1 aliphatic heterocycles. The smallest absolute Gasteiger partial charge is 0.257 e. The summed E-state index contributed by atoms with van der Waals surface area (Å²) in [5.41, 5.74) is 1.50. The lowest BCUT2D eigenvalue weighted by atomic mass is 9.62. The molecule has 3 aromatic rings. The first-order valence-electron chi connectivity index (χ1n) is 10.5. The largest absolute Gasteiger partial charge is 0.493 e. The van der Waals surface area contributed by atoms with Gasteiger partial charge in [-0.15, -0.1) is 0 Å². The van der Waals surface area contributed by atoms with Crippen LogP contribution in [0.4, 0.5) is 0 Å². The second-order valence-corrected chi connectivity index (χ2v) is 8.28. The molecule has 1 aromatic carbocycles. The van der Waals surface area contributed by atoms with Crippen LogP contribution in [0.1, 0.15) is 41.4 Å². The quantitative estimate of drug-likeness (QED) is 0.682. The van der Waals surface area contributed by atoms with E-state index in [0.717, 1.165) is 24.2 Å². The molecule has 1 saturated heterocycles. The molecule has 1 N–H and O–H groups in total. The third kappa shape index (κ3) is 3.22. The highest BCUT2D eigenvalue weighted by Gasteiger charge is 2.53. The minimum Gasteiger partial charge on any atom is -0.493 e. The number of H-pyrrole nitrogens is 1. The van der Waals surface area contributed by atoms with Crippen molar-refractivity contribution in [2.24, 2.45) is 5.41 Å². The van der Waals surface area contributed by atoms with Crippen LogP contribution in [0.15, 0.2) is 42.7 Å². The number of aromatic nitrogens is 4. The highest BCUT2D eigenvalue weighted by Crippen LogP contribution is 2.55. The van der Waals surface area contributed by atoms with E-state index in [1.165, 1.54) is 6.42 Å². The molecule has 1 amide bonds. The molecule has 0 radical (unpaired) electrons. The predicted molar refractivity (Wildman–Crippen MR) is 114 cm³/mol. The molecule has 1 spiro atoms. The summed E-state index contributed by atoms with van der Waals surface area (Å²) in [6.45, 7) is 1.31. The predicted octanol–water partition coefficient (Wildman–Crippen LogP) is 3.29. The maximum Gasteiger partial charge on any atom is 0.257 e. The SMILES string of the molecule is COc1cccc(C(=O)N2CC(c3nc(-c4ccncc4)n[nH]3)C3(CCC3)C2)c1OC. The molecule has 0 bridgehead atoms. The first kappa shape index (κ1) is 19.5. The standard InChI is InChI=1S/C23H25N5O3/c1-30-18-6-3-5-16(19(18)31-2)22(29)28-13-17(23(14-28)9-4-10-23)21-25-20(26-27-21)15-7-11-24-12-8-15/h3,5-8,11-12,17H,4,9-10,13-14H2,1-2H3,(H,25,26,27). The molecule has 1 saturated carbocycles. The monoisotopic (exact) mass is 419 g/mol. The van der Waals surface area contributed by atoms with Crippen LogP contribution >= 0.6 is 0 Å². The molecule has 160 valence electrons. The van der Waals surface area contributed by atoms with Gasteiger partial charge in [-0.1, -0.05) is 12.5 Å². The summed E-state index contributed by atoms with van der Waals surface area (Å²) in [6, 6.07) is 9.20. The third-order valence-electron chi connectivity index (χ3n) is 6.69. The van der Waals surface area contributed by atoms with E-state index in [1.807, 2.05) is 23.1 Å². The fourth-order valence-corrected chi connectivity index (χ4v) is 4.92. The van der Waals surface area contributed by atoms with Gasteiger partial charge in [-0.25, -0.2) is 4.98 Å². The molecule has 2 fully saturated rings. The maximum absolute atomic E-state index is 13.5. The molecule has 8 heteroatoms. The fraction of sp³-hybridized carbons (Fsp3) is 0.391. The Morgan fingerprint density at radius 2 is 1.97 bits per heavy atom. The Kier molecular flexibility index (Phi) is 4.84. The van der Waals surface area contributed by atoms with Gasteiger partial charge in [-0.3, -0.25) is 14.9 Å². The van der Waals surface area contributed by atoms with Crippen LogP contribution in [0.3, 0.4) is 0 Å². The van der Waals surface area contributed by atoms with E-state index in [4.69, 9.17) is 14.5 Å². The second-order valence-electron chi connectivity index (χ2n) is 8.28. The number of rotatable bonds is 5. The Bertz CT molecular complexity index is 1090. The molecule has 1 aliphatic carbocycles. The van der Waals surface area contributed by atoms with Crippen molar-refractivity contribution in [1.29, 1.82) is 0 Å². The van der Waals surface area contributed by atoms with E-state index >= 15 is 0 Å². The molecule has 2 aliphatic rings. The summed E-state index contributed by atoms with van der Waals surface area (Å²) in [7, 11) is 3.13. The van der Waals surface area contributed by atoms with Crippen LogP contribution in [0, 0.1) is 5.41 Å². The molecule has 5 rings (SSSR count). The van der Waals surface area contributed by atoms with Crippen molar-refractivity contribution in [2.45, 2.75) is 25.2 Å². The summed E-state index contributed by atoms with van der Waals surface area (Å²) in [5, 5.41) is 7.57. The van der Waals surface area contributed by atoms with E-state index in [-0.39, 0.29) is 17.2 Å². The van der Waals surface area contributed by atoms with Crippen LogP contribution in [-0.2, 0) is 0 Å². The Labute approximate surface area is 180 Å². The van der Waals surface area contributed by atoms with E-state index < -0.39 is 0 Å². The van der Waals surface area contributed by atoms with E-state index in [0.29, 0.717) is 36.0 Å².